The van der Waals surface area contributed by atoms with Gasteiger partial charge in [0.15, 0.2) is 11.4 Å². The Hall–Kier alpha value is -2.89. The summed E-state index contributed by atoms with van der Waals surface area (Å²) < 4.78 is 10.0. The highest BCUT2D eigenvalue weighted by Gasteiger charge is 2.22. The van der Waals surface area contributed by atoms with Crippen LogP contribution in [0.5, 0.6) is 5.75 Å². The summed E-state index contributed by atoms with van der Waals surface area (Å²) in [6.07, 6.45) is 4.91. The van der Waals surface area contributed by atoms with Crippen LogP contribution in [0.15, 0.2) is 30.5 Å². The van der Waals surface area contributed by atoms with E-state index in [1.54, 1.807) is 0 Å². The fourth-order valence-corrected chi connectivity index (χ4v) is 3.86. The number of aromatic nitrogens is 4. The molecule has 0 N–H and O–H groups in total. The molecule has 4 aromatic rings. The van der Waals surface area contributed by atoms with E-state index in [1.165, 1.54) is 0 Å². The molecule has 0 unspecified atom stereocenters. The van der Waals surface area contributed by atoms with Gasteiger partial charge in [-0.15, -0.1) is 0 Å². The van der Waals surface area contributed by atoms with E-state index in [0.717, 1.165) is 59.3 Å². The molecule has 3 aromatic heterocycles. The van der Waals surface area contributed by atoms with Gasteiger partial charge in [-0.05, 0) is 30.9 Å². The van der Waals surface area contributed by atoms with Crippen molar-refractivity contribution in [2.24, 2.45) is 5.92 Å². The van der Waals surface area contributed by atoms with Crippen LogP contribution < -0.4 is 4.74 Å². The summed E-state index contributed by atoms with van der Waals surface area (Å²) in [6.45, 7) is 9.27. The lowest BCUT2D eigenvalue weighted by Crippen LogP contribution is -2.07. The third-order valence-corrected chi connectivity index (χ3v) is 5.01. The maximum absolute atomic E-state index is 12.3. The van der Waals surface area contributed by atoms with Crippen LogP contribution in [-0.4, -0.2) is 24.9 Å². The monoisotopic (exact) mass is 392 g/mol. The Bertz CT molecular complexity index is 1190. The third-order valence-electron chi connectivity index (χ3n) is 5.01. The summed E-state index contributed by atoms with van der Waals surface area (Å²) in [5.74, 6) is 1.76. The summed E-state index contributed by atoms with van der Waals surface area (Å²) >= 11 is 0. The van der Waals surface area contributed by atoms with Gasteiger partial charge in [-0.25, -0.2) is 9.97 Å². The zero-order valence-electron chi connectivity index (χ0n) is 17.6. The summed E-state index contributed by atoms with van der Waals surface area (Å²) in [7, 11) is 0. The van der Waals surface area contributed by atoms with Crippen molar-refractivity contribution in [1.29, 1.82) is 0 Å². The van der Waals surface area contributed by atoms with E-state index in [-0.39, 0.29) is 5.97 Å². The predicted molar refractivity (Wildman–Crippen MR) is 115 cm³/mol. The lowest BCUT2D eigenvalue weighted by molar-refractivity contribution is -0.134. The van der Waals surface area contributed by atoms with E-state index in [2.05, 4.69) is 35.8 Å². The average molecular weight is 393 g/mol. The second kappa shape index (κ2) is 7.85. The molecule has 0 aliphatic heterocycles. The van der Waals surface area contributed by atoms with Gasteiger partial charge in [0.05, 0.1) is 11.0 Å². The second-order valence-corrected chi connectivity index (χ2v) is 8.00. The molecule has 0 saturated carbocycles. The van der Waals surface area contributed by atoms with Gasteiger partial charge in [-0.1, -0.05) is 39.8 Å². The molecule has 0 radical (unpaired) electrons. The number of fused-ring (bicyclic) bond motifs is 5. The molecular weight excluding hydrogens is 364 g/mol. The van der Waals surface area contributed by atoms with E-state index >= 15 is 0 Å². The number of rotatable bonds is 7. The normalized spacial score (nSPS) is 11.9. The molecule has 0 bridgehead atoms. The molecule has 0 saturated heterocycles. The Morgan fingerprint density at radius 2 is 1.90 bits per heavy atom. The molecule has 0 aliphatic rings. The SMILES string of the molecule is CCCC(=O)Oc1cn(CC(C)C)c2nc(CCC)n3c4ccccc4nc3c12. The van der Waals surface area contributed by atoms with Crippen LogP contribution in [0.1, 0.15) is 52.8 Å². The van der Waals surface area contributed by atoms with E-state index in [0.29, 0.717) is 18.1 Å². The number of hydrogen-bond acceptors (Lipinski definition) is 4. The number of esters is 1. The number of ether oxygens (including phenoxy) is 1. The molecule has 1 aromatic carbocycles. The van der Waals surface area contributed by atoms with E-state index in [1.807, 2.05) is 31.3 Å². The minimum Gasteiger partial charge on any atom is -0.424 e. The van der Waals surface area contributed by atoms with Gasteiger partial charge in [0.2, 0.25) is 0 Å². The highest BCUT2D eigenvalue weighted by atomic mass is 16.5. The van der Waals surface area contributed by atoms with Crippen LogP contribution in [0.25, 0.3) is 27.7 Å². The van der Waals surface area contributed by atoms with Gasteiger partial charge in [-0.3, -0.25) is 9.20 Å². The molecule has 152 valence electrons. The van der Waals surface area contributed by atoms with Gasteiger partial charge < -0.3 is 9.30 Å². The molecule has 0 aliphatic carbocycles. The van der Waals surface area contributed by atoms with E-state index in [9.17, 15) is 4.79 Å². The Morgan fingerprint density at radius 3 is 2.62 bits per heavy atom. The zero-order chi connectivity index (χ0) is 20.5. The number of benzene rings is 1. The van der Waals surface area contributed by atoms with Crippen LogP contribution in [-0.2, 0) is 17.8 Å². The standard InChI is InChI=1S/C23H28N4O2/c1-5-9-19-25-22-21(23-24-16-11-7-8-12-17(16)27(19)23)18(29-20(28)10-6-2)14-26(22)13-15(3)4/h7-8,11-12,14-15H,5-6,9-10,13H2,1-4H3. The second-order valence-electron chi connectivity index (χ2n) is 8.00. The average Bonchev–Trinajstić information content (AvgIpc) is 3.20. The molecule has 0 spiro atoms. The Balaban J connectivity index is 2.06. The zero-order valence-corrected chi connectivity index (χ0v) is 17.6. The molecule has 6 heteroatoms. The van der Waals surface area contributed by atoms with Crippen LogP contribution in [0, 0.1) is 5.92 Å². The lowest BCUT2D eigenvalue weighted by atomic mass is 10.2. The van der Waals surface area contributed by atoms with Crippen LogP contribution in [0.4, 0.5) is 0 Å². The number of para-hydroxylation sites is 2. The van der Waals surface area contributed by atoms with Crippen molar-refractivity contribution in [3.05, 3.63) is 36.3 Å². The molecule has 0 amide bonds. The molecular formula is C23H28N4O2. The van der Waals surface area contributed by atoms with E-state index < -0.39 is 0 Å². The maximum atomic E-state index is 12.3. The first-order valence-electron chi connectivity index (χ1n) is 10.5. The summed E-state index contributed by atoms with van der Waals surface area (Å²) in [6, 6.07) is 8.08. The largest absolute Gasteiger partial charge is 0.424 e. The minimum absolute atomic E-state index is 0.219. The van der Waals surface area contributed by atoms with Crippen molar-refractivity contribution in [1.82, 2.24) is 18.9 Å². The van der Waals surface area contributed by atoms with Gasteiger partial charge in [0.1, 0.15) is 16.9 Å². The minimum atomic E-state index is -0.219. The van der Waals surface area contributed by atoms with Crippen molar-refractivity contribution in [2.75, 3.05) is 0 Å². The van der Waals surface area contributed by atoms with Gasteiger partial charge >= 0.3 is 5.97 Å². The maximum Gasteiger partial charge on any atom is 0.311 e. The van der Waals surface area contributed by atoms with Gasteiger partial charge in [0, 0.05) is 25.6 Å². The molecule has 0 atom stereocenters. The number of hydrogen-bond donors (Lipinski definition) is 0. The quantitative estimate of drug-likeness (QED) is 0.408. The van der Waals surface area contributed by atoms with Crippen LogP contribution >= 0.6 is 0 Å². The van der Waals surface area contributed by atoms with E-state index in [4.69, 9.17) is 14.7 Å². The molecule has 3 heterocycles. The Labute approximate surface area is 170 Å². The molecule has 4 rings (SSSR count). The Kier molecular flexibility index (Phi) is 5.26. The lowest BCUT2D eigenvalue weighted by Gasteiger charge is -2.10. The number of carbonyl (C=O) groups is 1. The number of carbonyl (C=O) groups excluding carboxylic acids is 1. The van der Waals surface area contributed by atoms with Crippen LogP contribution in [0.2, 0.25) is 0 Å². The van der Waals surface area contributed by atoms with Crippen molar-refractivity contribution in [3.8, 4) is 5.75 Å². The highest BCUT2D eigenvalue weighted by Crippen LogP contribution is 2.34. The van der Waals surface area contributed by atoms with Gasteiger partial charge in [0.25, 0.3) is 0 Å². The summed E-state index contributed by atoms with van der Waals surface area (Å²) in [4.78, 5) is 22.2. The number of imidazole rings is 1. The molecule has 0 fully saturated rings. The summed E-state index contributed by atoms with van der Waals surface area (Å²) in [5.41, 5.74) is 3.59. The third kappa shape index (κ3) is 3.48. The van der Waals surface area contributed by atoms with Crippen molar-refractivity contribution in [3.63, 3.8) is 0 Å². The fourth-order valence-electron chi connectivity index (χ4n) is 3.86. The van der Waals surface area contributed by atoms with Crippen molar-refractivity contribution < 1.29 is 9.53 Å². The number of nitrogens with zero attached hydrogens (tertiary/aromatic N) is 4. The fraction of sp³-hybridized carbons (Fsp3) is 0.435. The van der Waals surface area contributed by atoms with Crippen molar-refractivity contribution >= 4 is 33.7 Å². The van der Waals surface area contributed by atoms with Gasteiger partial charge in [-0.2, -0.15) is 0 Å². The first-order valence-corrected chi connectivity index (χ1v) is 10.5. The first kappa shape index (κ1) is 19.4. The topological polar surface area (TPSA) is 61.4 Å². The first-order chi connectivity index (χ1) is 14.0. The summed E-state index contributed by atoms with van der Waals surface area (Å²) in [5, 5.41) is 0.811. The predicted octanol–water partition coefficient (Wildman–Crippen LogP) is 5.15. The smallest absolute Gasteiger partial charge is 0.311 e. The Morgan fingerprint density at radius 1 is 1.10 bits per heavy atom. The number of aryl methyl sites for hydroxylation is 1. The molecule has 6 nitrogen and oxygen atoms in total. The molecule has 29 heavy (non-hydrogen) atoms. The van der Waals surface area contributed by atoms with Crippen LogP contribution in [0.3, 0.4) is 0 Å². The highest BCUT2D eigenvalue weighted by molar-refractivity contribution is 6.00. The van der Waals surface area contributed by atoms with Crippen molar-refractivity contribution in [2.45, 2.75) is 59.9 Å².